The zero-order chi connectivity index (χ0) is 11.2. The monoisotopic (exact) mass is 213 g/mol. The number of para-hydroxylation sites is 1. The first-order valence-corrected chi connectivity index (χ1v) is 5.39. The van der Waals surface area contributed by atoms with E-state index in [-0.39, 0.29) is 0 Å². The molecule has 0 spiro atoms. The highest BCUT2D eigenvalue weighted by atomic mass is 15.3. The standard InChI is InChI=1S/C13H15N3/c1-2-16-10-6-9-13(16)11-14-15-12-7-4-3-5-8-12/h3-11,15H,2H2,1H3/b14-11-. The average molecular weight is 213 g/mol. The molecule has 1 N–H and O–H groups in total. The van der Waals surface area contributed by atoms with Gasteiger partial charge in [-0.05, 0) is 31.2 Å². The number of benzene rings is 1. The third-order valence-electron chi connectivity index (χ3n) is 2.37. The lowest BCUT2D eigenvalue weighted by Crippen LogP contribution is -1.99. The Labute approximate surface area is 95.4 Å². The predicted molar refractivity (Wildman–Crippen MR) is 67.8 cm³/mol. The summed E-state index contributed by atoms with van der Waals surface area (Å²) >= 11 is 0. The molecular weight excluding hydrogens is 198 g/mol. The molecule has 0 aliphatic carbocycles. The summed E-state index contributed by atoms with van der Waals surface area (Å²) in [5.74, 6) is 0. The molecule has 0 saturated heterocycles. The fourth-order valence-electron chi connectivity index (χ4n) is 1.52. The van der Waals surface area contributed by atoms with Crippen LogP contribution in [0.5, 0.6) is 0 Å². The van der Waals surface area contributed by atoms with Crippen LogP contribution in [0.15, 0.2) is 53.8 Å². The number of aromatic nitrogens is 1. The molecule has 3 nitrogen and oxygen atoms in total. The Morgan fingerprint density at radius 3 is 2.75 bits per heavy atom. The van der Waals surface area contributed by atoms with Crippen molar-refractivity contribution < 1.29 is 0 Å². The normalized spacial score (nSPS) is 10.8. The lowest BCUT2D eigenvalue weighted by atomic mass is 10.3. The molecule has 0 bridgehead atoms. The zero-order valence-corrected chi connectivity index (χ0v) is 9.30. The van der Waals surface area contributed by atoms with Gasteiger partial charge in [-0.2, -0.15) is 5.10 Å². The van der Waals surface area contributed by atoms with Crippen LogP contribution in [-0.4, -0.2) is 10.8 Å². The second-order valence-electron chi connectivity index (χ2n) is 3.46. The van der Waals surface area contributed by atoms with Gasteiger partial charge < -0.3 is 4.57 Å². The SMILES string of the molecule is CCn1cccc1/C=N\Nc1ccccc1. The number of nitrogens with zero attached hydrogens (tertiary/aromatic N) is 2. The topological polar surface area (TPSA) is 29.3 Å². The van der Waals surface area contributed by atoms with Gasteiger partial charge in [-0.25, -0.2) is 0 Å². The number of aryl methyl sites for hydroxylation is 1. The maximum atomic E-state index is 4.20. The van der Waals surface area contributed by atoms with Gasteiger partial charge in [0.05, 0.1) is 17.6 Å². The molecule has 82 valence electrons. The minimum atomic E-state index is 0.958. The molecule has 0 radical (unpaired) electrons. The van der Waals surface area contributed by atoms with E-state index in [1.807, 2.05) is 54.9 Å². The van der Waals surface area contributed by atoms with Crippen molar-refractivity contribution >= 4 is 11.9 Å². The highest BCUT2D eigenvalue weighted by Crippen LogP contribution is 2.04. The maximum absolute atomic E-state index is 4.20. The third kappa shape index (κ3) is 2.51. The number of rotatable bonds is 4. The third-order valence-corrected chi connectivity index (χ3v) is 2.37. The number of hydrazone groups is 1. The van der Waals surface area contributed by atoms with Gasteiger partial charge in [-0.15, -0.1) is 0 Å². The summed E-state index contributed by atoms with van der Waals surface area (Å²) in [5, 5.41) is 4.20. The second kappa shape index (κ2) is 5.16. The summed E-state index contributed by atoms with van der Waals surface area (Å²) in [4.78, 5) is 0. The molecule has 1 aromatic heterocycles. The van der Waals surface area contributed by atoms with Crippen LogP contribution in [0.1, 0.15) is 12.6 Å². The molecule has 0 aliphatic heterocycles. The van der Waals surface area contributed by atoms with Crippen LogP contribution in [0.4, 0.5) is 5.69 Å². The zero-order valence-electron chi connectivity index (χ0n) is 9.30. The molecule has 2 rings (SSSR count). The summed E-state index contributed by atoms with van der Waals surface area (Å²) in [6.07, 6.45) is 3.88. The molecule has 0 saturated carbocycles. The van der Waals surface area contributed by atoms with Gasteiger partial charge in [0, 0.05) is 12.7 Å². The molecule has 1 heterocycles. The Bertz CT molecular complexity index is 457. The van der Waals surface area contributed by atoms with Gasteiger partial charge in [-0.1, -0.05) is 18.2 Å². The Balaban J connectivity index is 2.00. The van der Waals surface area contributed by atoms with Gasteiger partial charge >= 0.3 is 0 Å². The maximum Gasteiger partial charge on any atom is 0.0709 e. The molecule has 0 atom stereocenters. The van der Waals surface area contributed by atoms with Gasteiger partial charge in [0.25, 0.3) is 0 Å². The van der Waals surface area contributed by atoms with Gasteiger partial charge in [-0.3, -0.25) is 5.43 Å². The molecule has 0 aliphatic rings. The highest BCUT2D eigenvalue weighted by molar-refractivity contribution is 5.78. The van der Waals surface area contributed by atoms with E-state index in [4.69, 9.17) is 0 Å². The van der Waals surface area contributed by atoms with Crippen molar-refractivity contribution in [3.63, 3.8) is 0 Å². The van der Waals surface area contributed by atoms with Crippen LogP contribution in [0, 0.1) is 0 Å². The van der Waals surface area contributed by atoms with Crippen LogP contribution < -0.4 is 5.43 Å². The van der Waals surface area contributed by atoms with Crippen molar-refractivity contribution in [2.24, 2.45) is 5.10 Å². The number of anilines is 1. The van der Waals surface area contributed by atoms with Crippen LogP contribution in [0.3, 0.4) is 0 Å². The molecular formula is C13H15N3. The molecule has 0 amide bonds. The number of nitrogens with one attached hydrogen (secondary N) is 1. The first kappa shape index (κ1) is 10.5. The molecule has 3 heteroatoms. The number of hydrogen-bond donors (Lipinski definition) is 1. The lowest BCUT2D eigenvalue weighted by Gasteiger charge is -2.01. The summed E-state index contributed by atoms with van der Waals surface area (Å²) in [6.45, 7) is 3.07. The Morgan fingerprint density at radius 1 is 1.19 bits per heavy atom. The van der Waals surface area contributed by atoms with Gasteiger partial charge in [0.15, 0.2) is 0 Å². The second-order valence-corrected chi connectivity index (χ2v) is 3.46. The van der Waals surface area contributed by atoms with E-state index < -0.39 is 0 Å². The summed E-state index contributed by atoms with van der Waals surface area (Å²) in [5.41, 5.74) is 5.09. The van der Waals surface area contributed by atoms with Crippen LogP contribution >= 0.6 is 0 Å². The smallest absolute Gasteiger partial charge is 0.0709 e. The van der Waals surface area contributed by atoms with Crippen molar-refractivity contribution in [3.05, 3.63) is 54.4 Å². The first-order chi connectivity index (χ1) is 7.90. The molecule has 0 unspecified atom stereocenters. The van der Waals surface area contributed by atoms with E-state index in [9.17, 15) is 0 Å². The minimum absolute atomic E-state index is 0.958. The van der Waals surface area contributed by atoms with Gasteiger partial charge in [0.1, 0.15) is 0 Å². The molecule has 0 fully saturated rings. The van der Waals surface area contributed by atoms with E-state index >= 15 is 0 Å². The van der Waals surface area contributed by atoms with E-state index in [0.29, 0.717) is 0 Å². The average Bonchev–Trinajstić information content (AvgIpc) is 2.78. The lowest BCUT2D eigenvalue weighted by molar-refractivity contribution is 0.764. The van der Waals surface area contributed by atoms with E-state index in [2.05, 4.69) is 22.0 Å². The fourth-order valence-corrected chi connectivity index (χ4v) is 1.52. The summed E-state index contributed by atoms with van der Waals surface area (Å²) in [6, 6.07) is 14.0. The van der Waals surface area contributed by atoms with Crippen molar-refractivity contribution in [2.45, 2.75) is 13.5 Å². The van der Waals surface area contributed by atoms with Crippen LogP contribution in [0.25, 0.3) is 0 Å². The Hall–Kier alpha value is -2.03. The van der Waals surface area contributed by atoms with Crippen molar-refractivity contribution in [1.82, 2.24) is 4.57 Å². The quantitative estimate of drug-likeness (QED) is 0.614. The number of hydrogen-bond acceptors (Lipinski definition) is 2. The van der Waals surface area contributed by atoms with E-state index in [1.54, 1.807) is 0 Å². The first-order valence-electron chi connectivity index (χ1n) is 5.39. The predicted octanol–water partition coefficient (Wildman–Crippen LogP) is 2.95. The summed E-state index contributed by atoms with van der Waals surface area (Å²) in [7, 11) is 0. The van der Waals surface area contributed by atoms with E-state index in [1.165, 1.54) is 0 Å². The fraction of sp³-hybridized carbons (Fsp3) is 0.154. The molecule has 2 aromatic rings. The van der Waals surface area contributed by atoms with Crippen LogP contribution in [0.2, 0.25) is 0 Å². The molecule has 16 heavy (non-hydrogen) atoms. The van der Waals surface area contributed by atoms with E-state index in [0.717, 1.165) is 17.9 Å². The van der Waals surface area contributed by atoms with Crippen molar-refractivity contribution in [3.8, 4) is 0 Å². The highest BCUT2D eigenvalue weighted by Gasteiger charge is 1.93. The molecule has 1 aromatic carbocycles. The van der Waals surface area contributed by atoms with Crippen LogP contribution in [-0.2, 0) is 6.54 Å². The van der Waals surface area contributed by atoms with Crippen molar-refractivity contribution in [1.29, 1.82) is 0 Å². The van der Waals surface area contributed by atoms with Gasteiger partial charge in [0.2, 0.25) is 0 Å². The largest absolute Gasteiger partial charge is 0.347 e. The Morgan fingerprint density at radius 2 is 2.00 bits per heavy atom. The summed E-state index contributed by atoms with van der Waals surface area (Å²) < 4.78 is 2.14. The minimum Gasteiger partial charge on any atom is -0.347 e. The van der Waals surface area contributed by atoms with Crippen molar-refractivity contribution in [2.75, 3.05) is 5.43 Å². The Kier molecular flexibility index (Phi) is 3.38.